The standard InChI is InChI=1S/C25H22ClN3O2/c1-12(2)19-22(21-14-9-10-27-17(14)8-7-16(21)26)24(25(30)31)29-23(19)15-5-4-6-18-20(15)13(3)11-28-18/h4-12,27-29H,1-3H3,(H,30,31). The van der Waals surface area contributed by atoms with Crippen molar-refractivity contribution >= 4 is 39.4 Å². The third kappa shape index (κ3) is 2.88. The van der Waals surface area contributed by atoms with E-state index in [0.717, 1.165) is 49.8 Å². The monoisotopic (exact) mass is 431 g/mol. The number of halogens is 1. The van der Waals surface area contributed by atoms with Crippen LogP contribution in [0.4, 0.5) is 0 Å². The van der Waals surface area contributed by atoms with Crippen LogP contribution >= 0.6 is 11.6 Å². The second-order valence-electron chi connectivity index (χ2n) is 8.18. The van der Waals surface area contributed by atoms with Crippen LogP contribution in [0.2, 0.25) is 5.02 Å². The van der Waals surface area contributed by atoms with Gasteiger partial charge >= 0.3 is 5.97 Å². The Morgan fingerprint density at radius 1 is 1.03 bits per heavy atom. The van der Waals surface area contributed by atoms with Crippen molar-refractivity contribution in [2.75, 3.05) is 0 Å². The van der Waals surface area contributed by atoms with Crippen molar-refractivity contribution in [3.05, 3.63) is 70.6 Å². The zero-order valence-corrected chi connectivity index (χ0v) is 18.2. The Labute approximate surface area is 184 Å². The fraction of sp³-hybridized carbons (Fsp3) is 0.160. The normalized spacial score (nSPS) is 11.8. The van der Waals surface area contributed by atoms with Gasteiger partial charge in [0, 0.05) is 55.9 Å². The number of nitrogens with one attached hydrogen (secondary N) is 3. The highest BCUT2D eigenvalue weighted by atomic mass is 35.5. The van der Waals surface area contributed by atoms with Crippen LogP contribution in [0, 0.1) is 6.92 Å². The highest BCUT2D eigenvalue weighted by Crippen LogP contribution is 2.46. The Kier molecular flexibility index (Phi) is 4.45. The molecule has 0 saturated carbocycles. The van der Waals surface area contributed by atoms with E-state index in [0.29, 0.717) is 10.6 Å². The number of aromatic amines is 3. The third-order valence-electron chi connectivity index (χ3n) is 5.94. The molecule has 5 rings (SSSR count). The minimum absolute atomic E-state index is 0.0640. The third-order valence-corrected chi connectivity index (χ3v) is 6.25. The Hall–Kier alpha value is -3.44. The molecule has 6 heteroatoms. The molecule has 0 aliphatic carbocycles. The molecule has 156 valence electrons. The van der Waals surface area contributed by atoms with Gasteiger partial charge in [-0.1, -0.05) is 37.6 Å². The summed E-state index contributed by atoms with van der Waals surface area (Å²) in [4.78, 5) is 22.1. The van der Waals surface area contributed by atoms with E-state index in [1.807, 2.05) is 48.8 Å². The van der Waals surface area contributed by atoms with E-state index in [1.54, 1.807) is 0 Å². The number of hydrogen-bond donors (Lipinski definition) is 4. The van der Waals surface area contributed by atoms with Crippen LogP contribution in [0.25, 0.3) is 44.2 Å². The minimum atomic E-state index is -1.01. The molecule has 0 bridgehead atoms. The number of fused-ring (bicyclic) bond motifs is 2. The summed E-state index contributed by atoms with van der Waals surface area (Å²) in [6, 6.07) is 11.7. The van der Waals surface area contributed by atoms with Crippen LogP contribution in [-0.4, -0.2) is 26.0 Å². The van der Waals surface area contributed by atoms with Gasteiger partial charge in [0.2, 0.25) is 0 Å². The smallest absolute Gasteiger partial charge is 0.352 e. The maximum Gasteiger partial charge on any atom is 0.352 e. The maximum absolute atomic E-state index is 12.4. The van der Waals surface area contributed by atoms with Crippen LogP contribution in [0.3, 0.4) is 0 Å². The molecule has 0 aliphatic rings. The number of carboxylic acids is 1. The lowest BCUT2D eigenvalue weighted by Crippen LogP contribution is -2.00. The van der Waals surface area contributed by atoms with Crippen LogP contribution in [-0.2, 0) is 0 Å². The van der Waals surface area contributed by atoms with E-state index in [-0.39, 0.29) is 11.6 Å². The number of aromatic nitrogens is 3. The molecule has 0 saturated heterocycles. The van der Waals surface area contributed by atoms with E-state index < -0.39 is 5.97 Å². The van der Waals surface area contributed by atoms with E-state index in [2.05, 4.69) is 35.7 Å². The SMILES string of the molecule is Cc1c[nH]c2cccc(-c3[nH]c(C(=O)O)c(-c4c(Cl)ccc5[nH]ccc45)c3C(C)C)c12. The number of benzene rings is 2. The number of rotatable bonds is 4. The summed E-state index contributed by atoms with van der Waals surface area (Å²) < 4.78 is 0. The fourth-order valence-electron chi connectivity index (χ4n) is 4.65. The molecule has 5 aromatic rings. The Bertz CT molecular complexity index is 1470. The van der Waals surface area contributed by atoms with Crippen molar-refractivity contribution in [3.63, 3.8) is 0 Å². The number of carboxylic acid groups (broad SMARTS) is 1. The van der Waals surface area contributed by atoms with Crippen molar-refractivity contribution in [2.45, 2.75) is 26.7 Å². The zero-order valence-electron chi connectivity index (χ0n) is 17.4. The topological polar surface area (TPSA) is 84.7 Å². The lowest BCUT2D eigenvalue weighted by molar-refractivity contribution is 0.0692. The molecule has 0 atom stereocenters. The molecule has 3 aromatic heterocycles. The molecule has 31 heavy (non-hydrogen) atoms. The average Bonchev–Trinajstić information content (AvgIpc) is 3.44. The summed E-state index contributed by atoms with van der Waals surface area (Å²) in [5, 5.41) is 12.7. The molecular formula is C25H22ClN3O2. The van der Waals surface area contributed by atoms with E-state index in [1.165, 1.54) is 0 Å². The molecule has 2 aromatic carbocycles. The average molecular weight is 432 g/mol. The Balaban J connectivity index is 1.94. The summed E-state index contributed by atoms with van der Waals surface area (Å²) in [6.45, 7) is 6.21. The summed E-state index contributed by atoms with van der Waals surface area (Å²) in [7, 11) is 0. The van der Waals surface area contributed by atoms with Crippen LogP contribution in [0.1, 0.15) is 41.4 Å². The molecule has 3 heterocycles. The van der Waals surface area contributed by atoms with Gasteiger partial charge in [0.25, 0.3) is 0 Å². The van der Waals surface area contributed by atoms with Crippen molar-refractivity contribution < 1.29 is 9.90 Å². The molecule has 0 amide bonds. The predicted molar refractivity (Wildman–Crippen MR) is 126 cm³/mol. The van der Waals surface area contributed by atoms with Gasteiger partial charge in [-0.3, -0.25) is 0 Å². The quantitative estimate of drug-likeness (QED) is 0.245. The molecule has 0 radical (unpaired) electrons. The number of hydrogen-bond acceptors (Lipinski definition) is 1. The van der Waals surface area contributed by atoms with Crippen molar-refractivity contribution in [3.8, 4) is 22.4 Å². The van der Waals surface area contributed by atoms with Crippen LogP contribution in [0.5, 0.6) is 0 Å². The van der Waals surface area contributed by atoms with Crippen LogP contribution < -0.4 is 0 Å². The van der Waals surface area contributed by atoms with Gasteiger partial charge in [0.15, 0.2) is 0 Å². The first-order valence-corrected chi connectivity index (χ1v) is 10.6. The lowest BCUT2D eigenvalue weighted by atomic mass is 9.88. The van der Waals surface area contributed by atoms with Crippen molar-refractivity contribution in [1.29, 1.82) is 0 Å². The molecule has 0 aliphatic heterocycles. The number of carbonyl (C=O) groups is 1. The lowest BCUT2D eigenvalue weighted by Gasteiger charge is -2.15. The summed E-state index contributed by atoms with van der Waals surface area (Å²) in [5.41, 5.74) is 7.32. The maximum atomic E-state index is 12.4. The molecule has 0 fully saturated rings. The predicted octanol–water partition coefficient (Wildman–Crippen LogP) is 7.09. The van der Waals surface area contributed by atoms with Gasteiger partial charge in [-0.25, -0.2) is 4.79 Å². The van der Waals surface area contributed by atoms with Gasteiger partial charge in [-0.2, -0.15) is 0 Å². The largest absolute Gasteiger partial charge is 0.477 e. The summed E-state index contributed by atoms with van der Waals surface area (Å²) in [6.07, 6.45) is 3.82. The van der Waals surface area contributed by atoms with Crippen molar-refractivity contribution in [1.82, 2.24) is 15.0 Å². The van der Waals surface area contributed by atoms with Crippen LogP contribution in [0.15, 0.2) is 48.8 Å². The fourth-order valence-corrected chi connectivity index (χ4v) is 4.91. The zero-order chi connectivity index (χ0) is 21.9. The van der Waals surface area contributed by atoms with Gasteiger partial charge in [0.05, 0.1) is 5.69 Å². The number of H-pyrrole nitrogens is 3. The van der Waals surface area contributed by atoms with E-state index >= 15 is 0 Å². The highest BCUT2D eigenvalue weighted by Gasteiger charge is 2.29. The molecule has 5 nitrogen and oxygen atoms in total. The van der Waals surface area contributed by atoms with Gasteiger partial charge in [-0.15, -0.1) is 0 Å². The van der Waals surface area contributed by atoms with E-state index in [4.69, 9.17) is 11.6 Å². The highest BCUT2D eigenvalue weighted by molar-refractivity contribution is 6.35. The van der Waals surface area contributed by atoms with Gasteiger partial charge in [-0.05, 0) is 48.2 Å². The minimum Gasteiger partial charge on any atom is -0.477 e. The van der Waals surface area contributed by atoms with E-state index in [9.17, 15) is 9.90 Å². The first-order valence-electron chi connectivity index (χ1n) is 10.2. The van der Waals surface area contributed by atoms with Crippen molar-refractivity contribution in [2.24, 2.45) is 0 Å². The second kappa shape index (κ2) is 7.06. The Morgan fingerprint density at radius 2 is 1.84 bits per heavy atom. The first kappa shape index (κ1) is 19.5. The van der Waals surface area contributed by atoms with Gasteiger partial charge < -0.3 is 20.1 Å². The van der Waals surface area contributed by atoms with Gasteiger partial charge in [0.1, 0.15) is 5.69 Å². The molecule has 4 N–H and O–H groups in total. The molecular weight excluding hydrogens is 410 g/mol. The molecule has 0 spiro atoms. The first-order chi connectivity index (χ1) is 14.9. The Morgan fingerprint density at radius 3 is 2.58 bits per heavy atom. The summed E-state index contributed by atoms with van der Waals surface area (Å²) >= 11 is 6.68. The summed E-state index contributed by atoms with van der Waals surface area (Å²) in [5.74, 6) is -0.946. The molecule has 0 unspecified atom stereocenters. The number of aromatic carboxylic acids is 1. The second-order valence-corrected chi connectivity index (χ2v) is 8.59. The number of aryl methyl sites for hydroxylation is 1.